The van der Waals surface area contributed by atoms with E-state index in [4.69, 9.17) is 4.74 Å². The zero-order valence-corrected chi connectivity index (χ0v) is 15.2. The van der Waals surface area contributed by atoms with Crippen LogP contribution in [0, 0.1) is 5.92 Å². The molecule has 1 unspecified atom stereocenters. The summed E-state index contributed by atoms with van der Waals surface area (Å²) >= 11 is 0. The summed E-state index contributed by atoms with van der Waals surface area (Å²) in [6.07, 6.45) is 6.88. The molecule has 1 aliphatic rings. The van der Waals surface area contributed by atoms with Gasteiger partial charge in [-0.25, -0.2) is 4.98 Å². The molecule has 2 N–H and O–H groups in total. The van der Waals surface area contributed by atoms with Crippen LogP contribution in [0.1, 0.15) is 20.3 Å². The first-order chi connectivity index (χ1) is 11.7. The number of nitrogens with zero attached hydrogens (tertiary/aromatic N) is 4. The maximum Gasteiger partial charge on any atom is 0.191 e. The second-order valence-corrected chi connectivity index (χ2v) is 6.68. The van der Waals surface area contributed by atoms with Gasteiger partial charge in [-0.1, -0.05) is 13.8 Å². The Morgan fingerprint density at radius 2 is 2.29 bits per heavy atom. The van der Waals surface area contributed by atoms with Crippen LogP contribution in [0.3, 0.4) is 0 Å². The smallest absolute Gasteiger partial charge is 0.191 e. The number of ether oxygens (including phenoxy) is 1. The molecule has 0 bridgehead atoms. The Kier molecular flexibility index (Phi) is 8.04. The van der Waals surface area contributed by atoms with E-state index in [2.05, 4.69) is 43.9 Å². The topological polar surface area (TPSA) is 66.7 Å². The minimum Gasteiger partial charge on any atom is -0.374 e. The molecule has 2 heterocycles. The molecule has 7 heteroatoms. The van der Waals surface area contributed by atoms with Gasteiger partial charge in [0.25, 0.3) is 0 Å². The molecule has 1 aliphatic heterocycles. The third-order valence-corrected chi connectivity index (χ3v) is 4.01. The van der Waals surface area contributed by atoms with E-state index in [0.29, 0.717) is 5.92 Å². The van der Waals surface area contributed by atoms with Gasteiger partial charge in [0.05, 0.1) is 19.0 Å². The lowest BCUT2D eigenvalue weighted by atomic mass is 10.2. The number of hydrogen-bond donors (Lipinski definition) is 2. The Morgan fingerprint density at radius 1 is 1.42 bits per heavy atom. The molecule has 0 aliphatic carbocycles. The number of guanidine groups is 1. The third kappa shape index (κ3) is 6.88. The van der Waals surface area contributed by atoms with E-state index in [0.717, 1.165) is 58.3 Å². The fourth-order valence-electron chi connectivity index (χ4n) is 2.90. The van der Waals surface area contributed by atoms with E-state index >= 15 is 0 Å². The molecule has 0 saturated carbocycles. The zero-order chi connectivity index (χ0) is 17.2. The zero-order valence-electron chi connectivity index (χ0n) is 15.2. The van der Waals surface area contributed by atoms with Crippen LogP contribution in [0.4, 0.5) is 0 Å². The number of aryl methyl sites for hydroxylation is 1. The van der Waals surface area contributed by atoms with Crippen LogP contribution in [0.2, 0.25) is 0 Å². The van der Waals surface area contributed by atoms with E-state index < -0.39 is 0 Å². The Balaban J connectivity index is 1.62. The summed E-state index contributed by atoms with van der Waals surface area (Å²) in [5.41, 5.74) is 0. The van der Waals surface area contributed by atoms with Crippen molar-refractivity contribution in [2.75, 3.05) is 46.4 Å². The van der Waals surface area contributed by atoms with Crippen molar-refractivity contribution in [3.05, 3.63) is 18.7 Å². The first kappa shape index (κ1) is 18.7. The van der Waals surface area contributed by atoms with Crippen molar-refractivity contribution >= 4 is 5.96 Å². The molecule has 0 amide bonds. The lowest BCUT2D eigenvalue weighted by Gasteiger charge is -2.34. The first-order valence-corrected chi connectivity index (χ1v) is 8.91. The van der Waals surface area contributed by atoms with Crippen LogP contribution in [-0.2, 0) is 11.3 Å². The second kappa shape index (κ2) is 10.3. The molecule has 7 nitrogen and oxygen atoms in total. The van der Waals surface area contributed by atoms with Gasteiger partial charge in [0.15, 0.2) is 5.96 Å². The normalized spacial score (nSPS) is 19.7. The summed E-state index contributed by atoms with van der Waals surface area (Å²) in [5, 5.41) is 6.73. The van der Waals surface area contributed by atoms with Gasteiger partial charge in [-0.2, -0.15) is 0 Å². The lowest BCUT2D eigenvalue weighted by Crippen LogP contribution is -2.50. The highest BCUT2D eigenvalue weighted by Gasteiger charge is 2.20. The monoisotopic (exact) mass is 336 g/mol. The number of aliphatic imine (C=N–C) groups is 1. The van der Waals surface area contributed by atoms with Gasteiger partial charge in [-0.05, 0) is 12.3 Å². The van der Waals surface area contributed by atoms with E-state index in [1.165, 1.54) is 0 Å². The summed E-state index contributed by atoms with van der Waals surface area (Å²) in [4.78, 5) is 10.8. The summed E-state index contributed by atoms with van der Waals surface area (Å²) in [6.45, 7) is 11.1. The quantitative estimate of drug-likeness (QED) is 0.417. The van der Waals surface area contributed by atoms with Crippen LogP contribution in [0.5, 0.6) is 0 Å². The van der Waals surface area contributed by atoms with Crippen LogP contribution in [0.25, 0.3) is 0 Å². The Bertz CT molecular complexity index is 473. The number of morpholine rings is 1. The highest BCUT2D eigenvalue weighted by atomic mass is 16.5. The first-order valence-electron chi connectivity index (χ1n) is 8.91. The highest BCUT2D eigenvalue weighted by Crippen LogP contribution is 2.07. The number of rotatable bonds is 8. The molecule has 0 radical (unpaired) electrons. The average molecular weight is 336 g/mol. The van der Waals surface area contributed by atoms with E-state index in [1.54, 1.807) is 13.2 Å². The number of nitrogens with one attached hydrogen (secondary N) is 2. The summed E-state index contributed by atoms with van der Waals surface area (Å²) in [5.74, 6) is 1.53. The predicted molar refractivity (Wildman–Crippen MR) is 97.2 cm³/mol. The molecule has 1 atom stereocenters. The van der Waals surface area contributed by atoms with Crippen molar-refractivity contribution in [3.63, 3.8) is 0 Å². The van der Waals surface area contributed by atoms with Crippen molar-refractivity contribution in [1.82, 2.24) is 25.1 Å². The van der Waals surface area contributed by atoms with Crippen LogP contribution in [-0.4, -0.2) is 72.9 Å². The molecule has 1 aromatic heterocycles. The Labute approximate surface area is 145 Å². The standard InChI is InChI=1S/C17H32N6O/c1-15(2)12-23-9-10-24-16(13-23)11-21-17(18-3)20-5-4-7-22-8-6-19-14-22/h6,8,14-16H,4-5,7,9-13H2,1-3H3,(H2,18,20,21). The van der Waals surface area contributed by atoms with Crippen molar-refractivity contribution in [1.29, 1.82) is 0 Å². The summed E-state index contributed by atoms with van der Waals surface area (Å²) < 4.78 is 7.94. The summed E-state index contributed by atoms with van der Waals surface area (Å²) in [6, 6.07) is 0. The van der Waals surface area contributed by atoms with Crippen molar-refractivity contribution in [3.8, 4) is 0 Å². The van der Waals surface area contributed by atoms with Gasteiger partial charge in [-0.15, -0.1) is 0 Å². The van der Waals surface area contributed by atoms with Gasteiger partial charge in [0, 0.05) is 58.7 Å². The van der Waals surface area contributed by atoms with Gasteiger partial charge < -0.3 is 19.9 Å². The van der Waals surface area contributed by atoms with Crippen LogP contribution >= 0.6 is 0 Å². The predicted octanol–water partition coefficient (Wildman–Crippen LogP) is 0.795. The second-order valence-electron chi connectivity index (χ2n) is 6.68. The number of imidazole rings is 1. The van der Waals surface area contributed by atoms with Gasteiger partial charge in [-0.3, -0.25) is 9.89 Å². The molecule has 136 valence electrons. The molecule has 0 aromatic carbocycles. The van der Waals surface area contributed by atoms with Gasteiger partial charge in [0.2, 0.25) is 0 Å². The fraction of sp³-hybridized carbons (Fsp3) is 0.765. The molecule has 1 aromatic rings. The highest BCUT2D eigenvalue weighted by molar-refractivity contribution is 5.79. The summed E-state index contributed by atoms with van der Waals surface area (Å²) in [7, 11) is 1.80. The maximum absolute atomic E-state index is 5.86. The maximum atomic E-state index is 5.86. The average Bonchev–Trinajstić information content (AvgIpc) is 3.07. The van der Waals surface area contributed by atoms with Crippen LogP contribution in [0.15, 0.2) is 23.7 Å². The minimum absolute atomic E-state index is 0.224. The molecule has 24 heavy (non-hydrogen) atoms. The molecule has 0 spiro atoms. The lowest BCUT2D eigenvalue weighted by molar-refractivity contribution is -0.0284. The number of aromatic nitrogens is 2. The largest absolute Gasteiger partial charge is 0.374 e. The minimum atomic E-state index is 0.224. The van der Waals surface area contributed by atoms with E-state index in [-0.39, 0.29) is 6.10 Å². The molecule has 2 rings (SSSR count). The number of hydrogen-bond acceptors (Lipinski definition) is 4. The van der Waals surface area contributed by atoms with Crippen molar-refractivity contribution in [2.45, 2.75) is 32.9 Å². The Hall–Kier alpha value is -1.60. The molecular weight excluding hydrogens is 304 g/mol. The van der Waals surface area contributed by atoms with Crippen LogP contribution < -0.4 is 10.6 Å². The van der Waals surface area contributed by atoms with Crippen molar-refractivity contribution in [2.24, 2.45) is 10.9 Å². The SMILES string of the molecule is CN=C(NCCCn1ccnc1)NCC1CN(CC(C)C)CCO1. The molecule has 1 fully saturated rings. The Morgan fingerprint density at radius 3 is 3.00 bits per heavy atom. The molecular formula is C17H32N6O. The van der Waals surface area contributed by atoms with E-state index in [9.17, 15) is 0 Å². The van der Waals surface area contributed by atoms with Crippen molar-refractivity contribution < 1.29 is 4.74 Å². The molecule has 1 saturated heterocycles. The van der Waals surface area contributed by atoms with Gasteiger partial charge >= 0.3 is 0 Å². The third-order valence-electron chi connectivity index (χ3n) is 4.01. The van der Waals surface area contributed by atoms with E-state index in [1.807, 2.05) is 12.5 Å². The fourth-order valence-corrected chi connectivity index (χ4v) is 2.90. The van der Waals surface area contributed by atoms with Gasteiger partial charge in [0.1, 0.15) is 0 Å².